The molecule has 3 aromatic rings. The highest BCUT2D eigenvalue weighted by Gasteiger charge is 2.25. The number of methoxy groups -OCH3 is 1. The summed E-state index contributed by atoms with van der Waals surface area (Å²) in [6, 6.07) is 11.8. The SMILES string of the molecule is COC(=O)c1ccc(C)c2cc(C)n(S(=O)(=O)c3ccc(C)cc3)c12. The van der Waals surface area contributed by atoms with Gasteiger partial charge in [0.1, 0.15) is 0 Å². The molecule has 1 aromatic heterocycles. The normalized spacial score (nSPS) is 11.7. The van der Waals surface area contributed by atoms with Crippen LogP contribution >= 0.6 is 0 Å². The van der Waals surface area contributed by atoms with E-state index in [9.17, 15) is 13.2 Å². The molecule has 5 nitrogen and oxygen atoms in total. The largest absolute Gasteiger partial charge is 0.465 e. The van der Waals surface area contributed by atoms with Crippen molar-refractivity contribution in [2.45, 2.75) is 25.7 Å². The minimum Gasteiger partial charge on any atom is -0.465 e. The third kappa shape index (κ3) is 2.72. The van der Waals surface area contributed by atoms with Gasteiger partial charge in [-0.05, 0) is 50.6 Å². The maximum absolute atomic E-state index is 13.2. The van der Waals surface area contributed by atoms with Crippen LogP contribution in [0.2, 0.25) is 0 Å². The molecule has 0 aliphatic heterocycles. The highest BCUT2D eigenvalue weighted by Crippen LogP contribution is 2.30. The van der Waals surface area contributed by atoms with Gasteiger partial charge in [0.15, 0.2) is 0 Å². The maximum atomic E-state index is 13.2. The van der Waals surface area contributed by atoms with Crippen LogP contribution in [0.1, 0.15) is 27.2 Å². The second-order valence-corrected chi connectivity index (χ2v) is 7.84. The first-order valence-corrected chi connectivity index (χ1v) is 9.23. The van der Waals surface area contributed by atoms with Gasteiger partial charge >= 0.3 is 5.97 Å². The van der Waals surface area contributed by atoms with E-state index in [1.165, 1.54) is 11.1 Å². The fourth-order valence-corrected chi connectivity index (χ4v) is 4.51. The number of hydrogen-bond acceptors (Lipinski definition) is 4. The monoisotopic (exact) mass is 357 g/mol. The average Bonchev–Trinajstić information content (AvgIpc) is 2.93. The Morgan fingerprint density at radius 3 is 2.24 bits per heavy atom. The van der Waals surface area contributed by atoms with Crippen LogP contribution in [0, 0.1) is 20.8 Å². The third-order valence-corrected chi connectivity index (χ3v) is 6.10. The van der Waals surface area contributed by atoms with Crippen LogP contribution in [0.25, 0.3) is 10.9 Å². The Balaban J connectivity index is 2.40. The Labute approximate surface area is 146 Å². The lowest BCUT2D eigenvalue weighted by atomic mass is 10.1. The second kappa shape index (κ2) is 6.04. The molecule has 0 radical (unpaired) electrons. The highest BCUT2D eigenvalue weighted by molar-refractivity contribution is 7.90. The molecule has 0 unspecified atom stereocenters. The summed E-state index contributed by atoms with van der Waals surface area (Å²) in [5.74, 6) is -0.566. The molecule has 0 saturated carbocycles. The molecule has 25 heavy (non-hydrogen) atoms. The van der Waals surface area contributed by atoms with E-state index < -0.39 is 16.0 Å². The van der Waals surface area contributed by atoms with Gasteiger partial charge in [-0.15, -0.1) is 0 Å². The number of ether oxygens (including phenoxy) is 1. The molecule has 0 fully saturated rings. The van der Waals surface area contributed by atoms with Crippen molar-refractivity contribution in [1.82, 2.24) is 3.97 Å². The molecule has 2 aromatic carbocycles. The molecule has 0 amide bonds. The Hall–Kier alpha value is -2.60. The molecule has 3 rings (SSSR count). The van der Waals surface area contributed by atoms with E-state index >= 15 is 0 Å². The zero-order valence-corrected chi connectivity index (χ0v) is 15.3. The van der Waals surface area contributed by atoms with Gasteiger partial charge < -0.3 is 4.74 Å². The summed E-state index contributed by atoms with van der Waals surface area (Å²) in [6.45, 7) is 5.49. The number of carbonyl (C=O) groups is 1. The number of benzene rings is 2. The van der Waals surface area contributed by atoms with Crippen molar-refractivity contribution >= 4 is 26.9 Å². The molecule has 1 heterocycles. The minimum absolute atomic E-state index is 0.177. The van der Waals surface area contributed by atoms with Crippen molar-refractivity contribution in [3.05, 3.63) is 64.8 Å². The van der Waals surface area contributed by atoms with Crippen LogP contribution in [0.15, 0.2) is 47.4 Å². The summed E-state index contributed by atoms with van der Waals surface area (Å²) in [7, 11) is -2.56. The third-order valence-electron chi connectivity index (χ3n) is 4.28. The van der Waals surface area contributed by atoms with Crippen LogP contribution < -0.4 is 0 Å². The van der Waals surface area contributed by atoms with Gasteiger partial charge in [-0.3, -0.25) is 0 Å². The molecule has 0 atom stereocenters. The lowest BCUT2D eigenvalue weighted by Gasteiger charge is -2.13. The Bertz CT molecular complexity index is 1080. The lowest BCUT2D eigenvalue weighted by Crippen LogP contribution is -2.16. The van der Waals surface area contributed by atoms with Crippen LogP contribution in [0.4, 0.5) is 0 Å². The molecule has 0 aliphatic rings. The Kier molecular flexibility index (Phi) is 4.16. The summed E-state index contributed by atoms with van der Waals surface area (Å²) >= 11 is 0. The van der Waals surface area contributed by atoms with Crippen LogP contribution in [0.3, 0.4) is 0 Å². The summed E-state index contributed by atoms with van der Waals surface area (Å²) in [5.41, 5.74) is 2.98. The standard InChI is InChI=1S/C19H19NO4S/c1-12-5-8-15(9-6-12)25(22,23)20-14(3)11-17-13(2)7-10-16(18(17)20)19(21)24-4/h5-11H,1-4H3. The molecule has 0 spiro atoms. The smallest absolute Gasteiger partial charge is 0.340 e. The minimum atomic E-state index is -3.84. The van der Waals surface area contributed by atoms with E-state index in [0.29, 0.717) is 11.2 Å². The second-order valence-electron chi connectivity index (χ2n) is 6.05. The molecule has 6 heteroatoms. The van der Waals surface area contributed by atoms with Crippen molar-refractivity contribution < 1.29 is 17.9 Å². The number of nitrogens with zero attached hydrogens (tertiary/aromatic N) is 1. The molecular formula is C19H19NO4S. The Morgan fingerprint density at radius 1 is 1.00 bits per heavy atom. The number of fused-ring (bicyclic) bond motifs is 1. The van der Waals surface area contributed by atoms with Crippen molar-refractivity contribution in [1.29, 1.82) is 0 Å². The molecule has 130 valence electrons. The molecular weight excluding hydrogens is 338 g/mol. The van der Waals surface area contributed by atoms with Gasteiger partial charge in [0.25, 0.3) is 10.0 Å². The first-order valence-electron chi connectivity index (χ1n) is 7.79. The maximum Gasteiger partial charge on any atom is 0.340 e. The van der Waals surface area contributed by atoms with E-state index in [1.807, 2.05) is 13.8 Å². The number of aromatic nitrogens is 1. The average molecular weight is 357 g/mol. The molecule has 0 aliphatic carbocycles. The van der Waals surface area contributed by atoms with Crippen LogP contribution in [-0.4, -0.2) is 25.5 Å². The Morgan fingerprint density at radius 2 is 1.64 bits per heavy atom. The zero-order valence-electron chi connectivity index (χ0n) is 14.5. The molecule has 0 saturated heterocycles. The number of esters is 1. The number of hydrogen-bond donors (Lipinski definition) is 0. The van der Waals surface area contributed by atoms with Gasteiger partial charge in [0.2, 0.25) is 0 Å². The van der Waals surface area contributed by atoms with Gasteiger partial charge in [0.05, 0.1) is 23.1 Å². The summed E-state index contributed by atoms with van der Waals surface area (Å²) in [4.78, 5) is 12.4. The first-order chi connectivity index (χ1) is 11.8. The summed E-state index contributed by atoms with van der Waals surface area (Å²) in [5, 5.41) is 0.719. The highest BCUT2D eigenvalue weighted by atomic mass is 32.2. The summed E-state index contributed by atoms with van der Waals surface area (Å²) in [6.07, 6.45) is 0. The fraction of sp³-hybridized carbons (Fsp3) is 0.211. The predicted molar refractivity (Wildman–Crippen MR) is 96.5 cm³/mol. The van der Waals surface area contributed by atoms with Gasteiger partial charge in [-0.1, -0.05) is 23.8 Å². The quantitative estimate of drug-likeness (QED) is 0.672. The lowest BCUT2D eigenvalue weighted by molar-refractivity contribution is 0.0602. The van der Waals surface area contributed by atoms with Gasteiger partial charge in [-0.2, -0.15) is 0 Å². The van der Waals surface area contributed by atoms with Gasteiger partial charge in [0, 0.05) is 11.1 Å². The van der Waals surface area contributed by atoms with E-state index in [-0.39, 0.29) is 10.5 Å². The fourth-order valence-electron chi connectivity index (χ4n) is 2.95. The van der Waals surface area contributed by atoms with E-state index in [1.54, 1.807) is 49.4 Å². The topological polar surface area (TPSA) is 65.4 Å². The van der Waals surface area contributed by atoms with Crippen molar-refractivity contribution in [3.8, 4) is 0 Å². The van der Waals surface area contributed by atoms with Crippen molar-refractivity contribution in [2.75, 3.05) is 7.11 Å². The zero-order chi connectivity index (χ0) is 18.4. The predicted octanol–water partition coefficient (Wildman–Crippen LogP) is 3.59. The van der Waals surface area contributed by atoms with Gasteiger partial charge in [-0.25, -0.2) is 17.2 Å². The van der Waals surface area contributed by atoms with Crippen LogP contribution in [0.5, 0.6) is 0 Å². The molecule has 0 bridgehead atoms. The van der Waals surface area contributed by atoms with E-state index in [2.05, 4.69) is 0 Å². The first kappa shape index (κ1) is 17.2. The van der Waals surface area contributed by atoms with E-state index in [4.69, 9.17) is 4.74 Å². The summed E-state index contributed by atoms with van der Waals surface area (Å²) < 4.78 is 32.5. The van der Waals surface area contributed by atoms with Crippen molar-refractivity contribution in [2.24, 2.45) is 0 Å². The van der Waals surface area contributed by atoms with Crippen molar-refractivity contribution in [3.63, 3.8) is 0 Å². The number of rotatable bonds is 3. The van der Waals surface area contributed by atoms with Crippen LogP contribution in [-0.2, 0) is 14.8 Å². The number of aryl methyl sites for hydroxylation is 3. The van der Waals surface area contributed by atoms with E-state index in [0.717, 1.165) is 16.5 Å². The number of carbonyl (C=O) groups excluding carboxylic acids is 1. The molecule has 0 N–H and O–H groups in total.